The van der Waals surface area contributed by atoms with Gasteiger partial charge in [-0.25, -0.2) is 0 Å². The van der Waals surface area contributed by atoms with Crippen molar-refractivity contribution in [1.82, 2.24) is 0 Å². The molecule has 16 heavy (non-hydrogen) atoms. The van der Waals surface area contributed by atoms with Gasteiger partial charge in [0.15, 0.2) is 0 Å². The Balaban J connectivity index is 0.00000106. The smallest absolute Gasteiger partial charge is 0.119 e. The fraction of sp³-hybridized carbons (Fsp3) is 0.600. The van der Waals surface area contributed by atoms with E-state index in [0.717, 1.165) is 12.2 Å². The van der Waals surface area contributed by atoms with Crippen LogP contribution in [0.15, 0.2) is 30.3 Å². The van der Waals surface area contributed by atoms with Gasteiger partial charge in [-0.3, -0.25) is 0 Å². The molecule has 2 atom stereocenters. The summed E-state index contributed by atoms with van der Waals surface area (Å²) in [4.78, 5) is 0. The third kappa shape index (κ3) is 5.20. The summed E-state index contributed by atoms with van der Waals surface area (Å²) >= 11 is 0. The number of hydrogen-bond acceptors (Lipinski definition) is 1. The molecule has 0 aliphatic heterocycles. The lowest BCUT2D eigenvalue weighted by Gasteiger charge is -2.22. The molecule has 0 amide bonds. The van der Waals surface area contributed by atoms with Crippen LogP contribution < -0.4 is 4.74 Å². The first kappa shape index (κ1) is 15.0. The lowest BCUT2D eigenvalue weighted by Crippen LogP contribution is -2.23. The highest BCUT2D eigenvalue weighted by Crippen LogP contribution is 2.19. The van der Waals surface area contributed by atoms with E-state index in [1.165, 1.54) is 6.42 Å². The zero-order valence-corrected chi connectivity index (χ0v) is 11.4. The van der Waals surface area contributed by atoms with E-state index in [4.69, 9.17) is 4.74 Å². The van der Waals surface area contributed by atoms with Crippen LogP contribution in [0.25, 0.3) is 0 Å². The van der Waals surface area contributed by atoms with Crippen molar-refractivity contribution in [3.8, 4) is 5.75 Å². The first-order chi connectivity index (χ1) is 7.77. The average Bonchev–Trinajstić information content (AvgIpc) is 2.38. The predicted octanol–water partition coefficient (Wildman–Crippen LogP) is 4.92. The molecule has 0 aromatic heterocycles. The molecule has 0 heterocycles. The van der Waals surface area contributed by atoms with Crippen LogP contribution in [0.5, 0.6) is 5.75 Å². The van der Waals surface area contributed by atoms with E-state index < -0.39 is 0 Å². The van der Waals surface area contributed by atoms with E-state index in [1.54, 1.807) is 0 Å². The predicted molar refractivity (Wildman–Crippen MR) is 72.0 cm³/mol. The Hall–Kier alpha value is -0.980. The fourth-order valence-electron chi connectivity index (χ4n) is 1.54. The van der Waals surface area contributed by atoms with Crippen molar-refractivity contribution < 1.29 is 4.74 Å². The lowest BCUT2D eigenvalue weighted by molar-refractivity contribution is 0.136. The minimum Gasteiger partial charge on any atom is -0.490 e. The molecule has 1 nitrogen and oxygen atoms in total. The van der Waals surface area contributed by atoms with Gasteiger partial charge in [0, 0.05) is 0 Å². The monoisotopic (exact) mass is 222 g/mol. The standard InChI is InChI=1S/C13H20O.C2H6/c1-4-11(3)13(5-2)14-12-9-7-6-8-10-12;1-2/h6-11,13H,4-5H2,1-3H3;1-2H3/t11-,13+;/m0./s1. The largest absolute Gasteiger partial charge is 0.490 e. The van der Waals surface area contributed by atoms with Crippen molar-refractivity contribution in [3.63, 3.8) is 0 Å². The van der Waals surface area contributed by atoms with Gasteiger partial charge in [-0.2, -0.15) is 0 Å². The van der Waals surface area contributed by atoms with Gasteiger partial charge >= 0.3 is 0 Å². The molecule has 0 radical (unpaired) electrons. The average molecular weight is 222 g/mol. The van der Waals surface area contributed by atoms with Crippen LogP contribution in [0.1, 0.15) is 47.5 Å². The van der Waals surface area contributed by atoms with Crippen LogP contribution in [-0.2, 0) is 0 Å². The zero-order valence-electron chi connectivity index (χ0n) is 11.4. The molecule has 1 rings (SSSR count). The summed E-state index contributed by atoms with van der Waals surface area (Å²) < 4.78 is 5.92. The Morgan fingerprint density at radius 1 is 1.00 bits per heavy atom. The molecule has 0 aliphatic rings. The SMILES string of the molecule is CC.CC[C@H](C)[C@@H](CC)Oc1ccccc1. The molecule has 1 heteroatoms. The molecule has 0 bridgehead atoms. The number of hydrogen-bond donors (Lipinski definition) is 0. The minimum atomic E-state index is 0.349. The van der Waals surface area contributed by atoms with Crippen molar-refractivity contribution in [2.45, 2.75) is 53.6 Å². The Labute approximate surface area is 101 Å². The maximum Gasteiger partial charge on any atom is 0.119 e. The van der Waals surface area contributed by atoms with Crippen molar-refractivity contribution in [1.29, 1.82) is 0 Å². The zero-order chi connectivity index (χ0) is 12.4. The number of benzene rings is 1. The van der Waals surface area contributed by atoms with E-state index in [-0.39, 0.29) is 0 Å². The van der Waals surface area contributed by atoms with Gasteiger partial charge in [0.2, 0.25) is 0 Å². The Kier molecular flexibility index (Phi) is 8.69. The van der Waals surface area contributed by atoms with Gasteiger partial charge in [0.1, 0.15) is 11.9 Å². The highest BCUT2D eigenvalue weighted by molar-refractivity contribution is 5.21. The maximum atomic E-state index is 5.92. The normalized spacial score (nSPS) is 13.3. The van der Waals surface area contributed by atoms with Crippen LogP contribution in [0.3, 0.4) is 0 Å². The van der Waals surface area contributed by atoms with E-state index in [9.17, 15) is 0 Å². The van der Waals surface area contributed by atoms with Crippen LogP contribution in [0.2, 0.25) is 0 Å². The summed E-state index contributed by atoms with van der Waals surface area (Å²) in [7, 11) is 0. The molecular formula is C15H26O. The third-order valence-corrected chi connectivity index (χ3v) is 2.71. The van der Waals surface area contributed by atoms with Gasteiger partial charge in [-0.05, 0) is 24.5 Å². The molecule has 1 aromatic carbocycles. The van der Waals surface area contributed by atoms with Crippen LogP contribution >= 0.6 is 0 Å². The van der Waals surface area contributed by atoms with Crippen molar-refractivity contribution in [2.24, 2.45) is 5.92 Å². The summed E-state index contributed by atoms with van der Waals surface area (Å²) in [5.74, 6) is 1.61. The maximum absolute atomic E-state index is 5.92. The van der Waals surface area contributed by atoms with Crippen LogP contribution in [0, 0.1) is 5.92 Å². The van der Waals surface area contributed by atoms with E-state index in [0.29, 0.717) is 12.0 Å². The summed E-state index contributed by atoms with van der Waals surface area (Å²) in [5, 5.41) is 0. The second kappa shape index (κ2) is 9.26. The molecule has 0 saturated carbocycles. The summed E-state index contributed by atoms with van der Waals surface area (Å²) in [6.45, 7) is 10.6. The van der Waals surface area contributed by atoms with Crippen molar-refractivity contribution in [2.75, 3.05) is 0 Å². The first-order valence-corrected chi connectivity index (χ1v) is 6.49. The second-order valence-electron chi connectivity index (χ2n) is 3.76. The summed E-state index contributed by atoms with van der Waals surface area (Å²) in [6.07, 6.45) is 2.59. The number of para-hydroxylation sites is 1. The first-order valence-electron chi connectivity index (χ1n) is 6.49. The number of ether oxygens (including phenoxy) is 1. The second-order valence-corrected chi connectivity index (χ2v) is 3.76. The Morgan fingerprint density at radius 2 is 1.56 bits per heavy atom. The minimum absolute atomic E-state index is 0.349. The Morgan fingerprint density at radius 3 is 2.00 bits per heavy atom. The lowest BCUT2D eigenvalue weighted by atomic mass is 10.00. The molecule has 0 unspecified atom stereocenters. The molecule has 92 valence electrons. The summed E-state index contributed by atoms with van der Waals surface area (Å²) in [6, 6.07) is 10.1. The fourth-order valence-corrected chi connectivity index (χ4v) is 1.54. The van der Waals surface area contributed by atoms with Crippen molar-refractivity contribution in [3.05, 3.63) is 30.3 Å². The van der Waals surface area contributed by atoms with Gasteiger partial charge < -0.3 is 4.74 Å². The van der Waals surface area contributed by atoms with E-state index in [1.807, 2.05) is 44.2 Å². The van der Waals surface area contributed by atoms with Gasteiger partial charge in [-0.15, -0.1) is 0 Å². The highest BCUT2D eigenvalue weighted by Gasteiger charge is 2.14. The van der Waals surface area contributed by atoms with Crippen LogP contribution in [-0.4, -0.2) is 6.10 Å². The topological polar surface area (TPSA) is 9.23 Å². The molecule has 1 aromatic rings. The van der Waals surface area contributed by atoms with E-state index in [2.05, 4.69) is 20.8 Å². The number of rotatable bonds is 5. The molecule has 0 spiro atoms. The molecule has 0 aliphatic carbocycles. The van der Waals surface area contributed by atoms with Crippen molar-refractivity contribution >= 4 is 0 Å². The van der Waals surface area contributed by atoms with Gasteiger partial charge in [0.25, 0.3) is 0 Å². The van der Waals surface area contributed by atoms with E-state index >= 15 is 0 Å². The molecule has 0 N–H and O–H groups in total. The quantitative estimate of drug-likeness (QED) is 0.687. The van der Waals surface area contributed by atoms with Gasteiger partial charge in [0.05, 0.1) is 0 Å². The third-order valence-electron chi connectivity index (χ3n) is 2.71. The van der Waals surface area contributed by atoms with Gasteiger partial charge in [-0.1, -0.05) is 59.2 Å². The molecule has 0 fully saturated rings. The molecular weight excluding hydrogens is 196 g/mol. The summed E-state index contributed by atoms with van der Waals surface area (Å²) in [5.41, 5.74) is 0. The van der Waals surface area contributed by atoms with Crippen LogP contribution in [0.4, 0.5) is 0 Å². The molecule has 0 saturated heterocycles. The highest BCUT2D eigenvalue weighted by atomic mass is 16.5. The Bertz CT molecular complexity index is 243.